The molecule has 1 fully saturated rings. The minimum absolute atomic E-state index is 0.126. The van der Waals surface area contributed by atoms with Crippen LogP contribution in [0.4, 0.5) is 5.69 Å². The fraction of sp³-hybridized carbons (Fsp3) is 0.538. The average Bonchev–Trinajstić information content (AvgIpc) is 2.94. The summed E-state index contributed by atoms with van der Waals surface area (Å²) in [5, 5.41) is 9.24. The monoisotopic (exact) mass is 205 g/mol. The van der Waals surface area contributed by atoms with Gasteiger partial charge in [-0.3, -0.25) is 0 Å². The second-order valence-corrected chi connectivity index (χ2v) is 4.64. The number of rotatable bonds is 4. The molecule has 0 heterocycles. The normalized spacial score (nSPS) is 23.9. The van der Waals surface area contributed by atoms with Gasteiger partial charge in [-0.15, -0.1) is 0 Å². The molecule has 2 nitrogen and oxygen atoms in total. The smallest absolute Gasteiger partial charge is 0.0702 e. The first-order valence-corrected chi connectivity index (χ1v) is 5.62. The predicted molar refractivity (Wildman–Crippen MR) is 62.9 cm³/mol. The Bertz CT molecular complexity index is 337. The van der Waals surface area contributed by atoms with Crippen LogP contribution < -0.4 is 4.90 Å². The molecule has 2 rings (SSSR count). The average molecular weight is 205 g/mol. The van der Waals surface area contributed by atoms with Gasteiger partial charge in [-0.2, -0.15) is 0 Å². The predicted octanol–water partition coefficient (Wildman–Crippen LogP) is 2.27. The number of hydrogen-bond acceptors (Lipinski definition) is 2. The Labute approximate surface area is 91.5 Å². The van der Waals surface area contributed by atoms with Crippen molar-refractivity contribution in [2.75, 3.05) is 18.5 Å². The van der Waals surface area contributed by atoms with Crippen LogP contribution in [0.25, 0.3) is 0 Å². The lowest BCUT2D eigenvalue weighted by Gasteiger charge is -2.21. The Hall–Kier alpha value is -1.02. The molecular formula is C13H19NO. The molecule has 82 valence electrons. The lowest BCUT2D eigenvalue weighted by molar-refractivity contribution is 0.282. The van der Waals surface area contributed by atoms with Crippen molar-refractivity contribution in [2.45, 2.75) is 20.0 Å². The zero-order valence-electron chi connectivity index (χ0n) is 9.48. The molecule has 0 bridgehead atoms. The molecule has 1 aromatic rings. The molecule has 0 aromatic heterocycles. The molecule has 0 amide bonds. The standard InChI is InChI=1S/C13H19NO/c1-10-7-12(10)8-14(2)13-6-4-3-5-11(13)9-15/h3-6,10,12,15H,7-9H2,1-2H3. The van der Waals surface area contributed by atoms with E-state index in [0.717, 1.165) is 23.9 Å². The molecular weight excluding hydrogens is 186 g/mol. The van der Waals surface area contributed by atoms with Crippen LogP contribution in [0.5, 0.6) is 0 Å². The van der Waals surface area contributed by atoms with Crippen LogP contribution in [0.1, 0.15) is 18.9 Å². The number of aliphatic hydroxyl groups is 1. The van der Waals surface area contributed by atoms with E-state index in [4.69, 9.17) is 0 Å². The minimum atomic E-state index is 0.126. The second-order valence-electron chi connectivity index (χ2n) is 4.64. The van der Waals surface area contributed by atoms with E-state index in [1.54, 1.807) is 0 Å². The summed E-state index contributed by atoms with van der Waals surface area (Å²) in [7, 11) is 2.11. The third-order valence-corrected chi connectivity index (χ3v) is 3.36. The van der Waals surface area contributed by atoms with Gasteiger partial charge in [0.1, 0.15) is 0 Å². The quantitative estimate of drug-likeness (QED) is 0.815. The van der Waals surface area contributed by atoms with Gasteiger partial charge in [0.25, 0.3) is 0 Å². The first-order chi connectivity index (χ1) is 7.22. The first kappa shape index (κ1) is 10.5. The van der Waals surface area contributed by atoms with Gasteiger partial charge in [-0.1, -0.05) is 25.1 Å². The van der Waals surface area contributed by atoms with Crippen LogP contribution in [0, 0.1) is 11.8 Å². The molecule has 2 heteroatoms. The summed E-state index contributed by atoms with van der Waals surface area (Å²) >= 11 is 0. The SMILES string of the molecule is CC1CC1CN(C)c1ccccc1CO. The van der Waals surface area contributed by atoms with E-state index in [1.807, 2.05) is 18.2 Å². The molecule has 1 aromatic carbocycles. The van der Waals surface area contributed by atoms with Crippen molar-refractivity contribution in [3.8, 4) is 0 Å². The molecule has 0 saturated heterocycles. The van der Waals surface area contributed by atoms with Crippen LogP contribution >= 0.6 is 0 Å². The Kier molecular flexibility index (Phi) is 2.96. The number of anilines is 1. The highest BCUT2D eigenvalue weighted by Crippen LogP contribution is 2.38. The van der Waals surface area contributed by atoms with Gasteiger partial charge in [-0.25, -0.2) is 0 Å². The van der Waals surface area contributed by atoms with Gasteiger partial charge < -0.3 is 10.0 Å². The lowest BCUT2D eigenvalue weighted by atomic mass is 10.1. The van der Waals surface area contributed by atoms with Crippen molar-refractivity contribution >= 4 is 5.69 Å². The van der Waals surface area contributed by atoms with Crippen LogP contribution in [0.2, 0.25) is 0 Å². The van der Waals surface area contributed by atoms with Crippen LogP contribution in [-0.2, 0) is 6.61 Å². The fourth-order valence-electron chi connectivity index (χ4n) is 2.12. The largest absolute Gasteiger partial charge is 0.392 e. The van der Waals surface area contributed by atoms with Gasteiger partial charge in [0.05, 0.1) is 6.61 Å². The molecule has 0 spiro atoms. The molecule has 0 radical (unpaired) electrons. The van der Waals surface area contributed by atoms with E-state index in [0.29, 0.717) is 0 Å². The molecule has 2 unspecified atom stereocenters. The van der Waals surface area contributed by atoms with E-state index >= 15 is 0 Å². The summed E-state index contributed by atoms with van der Waals surface area (Å²) in [5.74, 6) is 1.73. The zero-order valence-corrected chi connectivity index (χ0v) is 9.48. The Morgan fingerprint density at radius 2 is 2.07 bits per heavy atom. The van der Waals surface area contributed by atoms with E-state index in [9.17, 15) is 5.11 Å². The van der Waals surface area contributed by atoms with Crippen molar-refractivity contribution in [3.05, 3.63) is 29.8 Å². The summed E-state index contributed by atoms with van der Waals surface area (Å²) in [6, 6.07) is 8.07. The molecule has 1 saturated carbocycles. The summed E-state index contributed by atoms with van der Waals surface area (Å²) in [6.45, 7) is 3.54. The molecule has 1 aliphatic carbocycles. The van der Waals surface area contributed by atoms with Crippen molar-refractivity contribution in [3.63, 3.8) is 0 Å². The van der Waals surface area contributed by atoms with Gasteiger partial charge in [-0.05, 0) is 24.3 Å². The molecule has 2 atom stereocenters. The van der Waals surface area contributed by atoms with Crippen LogP contribution in [0.3, 0.4) is 0 Å². The second kappa shape index (κ2) is 4.23. The molecule has 15 heavy (non-hydrogen) atoms. The van der Waals surface area contributed by atoms with Crippen LogP contribution in [-0.4, -0.2) is 18.7 Å². The maximum atomic E-state index is 9.24. The summed E-state index contributed by atoms with van der Waals surface area (Å²) in [4.78, 5) is 2.26. The molecule has 1 N–H and O–H groups in total. The van der Waals surface area contributed by atoms with E-state index < -0.39 is 0 Å². The highest BCUT2D eigenvalue weighted by molar-refractivity contribution is 5.52. The van der Waals surface area contributed by atoms with Gasteiger partial charge >= 0.3 is 0 Å². The topological polar surface area (TPSA) is 23.5 Å². The number of aliphatic hydroxyl groups excluding tert-OH is 1. The van der Waals surface area contributed by atoms with Crippen molar-refractivity contribution in [2.24, 2.45) is 11.8 Å². The molecule has 0 aliphatic heterocycles. The van der Waals surface area contributed by atoms with Gasteiger partial charge in [0.15, 0.2) is 0 Å². The fourth-order valence-corrected chi connectivity index (χ4v) is 2.12. The molecule has 1 aliphatic rings. The summed E-state index contributed by atoms with van der Waals surface area (Å²) in [6.07, 6.45) is 1.35. The number of benzene rings is 1. The Balaban J connectivity index is 2.06. The van der Waals surface area contributed by atoms with E-state index in [1.165, 1.54) is 12.1 Å². The first-order valence-electron chi connectivity index (χ1n) is 5.62. The third-order valence-electron chi connectivity index (χ3n) is 3.36. The maximum absolute atomic E-state index is 9.24. The summed E-state index contributed by atoms with van der Waals surface area (Å²) in [5.41, 5.74) is 2.19. The van der Waals surface area contributed by atoms with Crippen molar-refractivity contribution in [1.29, 1.82) is 0 Å². The number of para-hydroxylation sites is 1. The van der Waals surface area contributed by atoms with Crippen LogP contribution in [0.15, 0.2) is 24.3 Å². The van der Waals surface area contributed by atoms with Gasteiger partial charge in [0, 0.05) is 24.8 Å². The highest BCUT2D eigenvalue weighted by atomic mass is 16.3. The van der Waals surface area contributed by atoms with Crippen molar-refractivity contribution < 1.29 is 5.11 Å². The Morgan fingerprint density at radius 3 is 2.67 bits per heavy atom. The Morgan fingerprint density at radius 1 is 1.40 bits per heavy atom. The number of hydrogen-bond donors (Lipinski definition) is 1. The highest BCUT2D eigenvalue weighted by Gasteiger charge is 2.33. The third kappa shape index (κ3) is 2.32. The zero-order chi connectivity index (χ0) is 10.8. The lowest BCUT2D eigenvalue weighted by Crippen LogP contribution is -2.21. The number of nitrogens with zero attached hydrogens (tertiary/aromatic N) is 1. The minimum Gasteiger partial charge on any atom is -0.392 e. The van der Waals surface area contributed by atoms with Crippen molar-refractivity contribution in [1.82, 2.24) is 0 Å². The maximum Gasteiger partial charge on any atom is 0.0702 e. The van der Waals surface area contributed by atoms with Gasteiger partial charge in [0.2, 0.25) is 0 Å². The summed E-state index contributed by atoms with van der Waals surface area (Å²) < 4.78 is 0. The van der Waals surface area contributed by atoms with E-state index in [-0.39, 0.29) is 6.61 Å². The van der Waals surface area contributed by atoms with E-state index in [2.05, 4.69) is 24.9 Å².